The molecule has 0 aliphatic carbocycles. The first-order valence-electron chi connectivity index (χ1n) is 7.88. The van der Waals surface area contributed by atoms with E-state index in [1.54, 1.807) is 6.20 Å². The standard InChI is InChI=1S/C17H19B2BrN2O/c1-10(2)14-8-12(20)6-5-11(14)9-22-16(23)13-4-3-7-21-15(13)17(22,18)19/h3-8,10H,9,18-19H2,1-2H3. The van der Waals surface area contributed by atoms with E-state index in [-0.39, 0.29) is 5.91 Å². The molecule has 0 saturated heterocycles. The van der Waals surface area contributed by atoms with E-state index in [1.165, 1.54) is 11.1 Å². The third-order valence-electron chi connectivity index (χ3n) is 4.60. The Balaban J connectivity index is 2.01. The number of halogens is 1. The molecule has 2 heterocycles. The maximum absolute atomic E-state index is 12.8. The maximum atomic E-state index is 12.8. The van der Waals surface area contributed by atoms with Gasteiger partial charge in [-0.05, 0) is 41.3 Å². The fourth-order valence-corrected chi connectivity index (χ4v) is 3.66. The summed E-state index contributed by atoms with van der Waals surface area (Å²) < 4.78 is 1.07. The number of hydrogen-bond donors (Lipinski definition) is 0. The van der Waals surface area contributed by atoms with Crippen LogP contribution in [0, 0.1) is 0 Å². The molecule has 0 saturated carbocycles. The van der Waals surface area contributed by atoms with Crippen LogP contribution >= 0.6 is 15.9 Å². The lowest BCUT2D eigenvalue weighted by Gasteiger charge is -2.33. The number of hydrogen-bond acceptors (Lipinski definition) is 2. The van der Waals surface area contributed by atoms with Crippen LogP contribution < -0.4 is 0 Å². The Morgan fingerprint density at radius 1 is 1.30 bits per heavy atom. The highest BCUT2D eigenvalue weighted by Gasteiger charge is 2.43. The molecule has 0 bridgehead atoms. The molecule has 1 aliphatic heterocycles. The van der Waals surface area contributed by atoms with Crippen LogP contribution in [0.4, 0.5) is 0 Å². The van der Waals surface area contributed by atoms with Gasteiger partial charge in [0.1, 0.15) is 15.7 Å². The van der Waals surface area contributed by atoms with Crippen molar-refractivity contribution in [2.45, 2.75) is 31.6 Å². The molecule has 0 radical (unpaired) electrons. The number of pyridine rings is 1. The van der Waals surface area contributed by atoms with Crippen LogP contribution in [0.2, 0.25) is 0 Å². The van der Waals surface area contributed by atoms with Gasteiger partial charge >= 0.3 is 0 Å². The van der Waals surface area contributed by atoms with Gasteiger partial charge in [0.2, 0.25) is 0 Å². The molecule has 0 spiro atoms. The second kappa shape index (κ2) is 5.82. The number of benzene rings is 1. The molecule has 1 amide bonds. The van der Waals surface area contributed by atoms with E-state index in [0.29, 0.717) is 12.5 Å². The number of nitrogens with zero attached hydrogens (tertiary/aromatic N) is 2. The third kappa shape index (κ3) is 2.73. The minimum atomic E-state index is -0.394. The van der Waals surface area contributed by atoms with Crippen LogP contribution in [0.3, 0.4) is 0 Å². The van der Waals surface area contributed by atoms with E-state index >= 15 is 0 Å². The van der Waals surface area contributed by atoms with Gasteiger partial charge in [-0.1, -0.05) is 35.8 Å². The highest BCUT2D eigenvalue weighted by molar-refractivity contribution is 9.10. The number of rotatable bonds is 3. The van der Waals surface area contributed by atoms with Crippen LogP contribution in [0.5, 0.6) is 0 Å². The average molecular weight is 369 g/mol. The molecule has 1 aromatic carbocycles. The molecule has 1 aromatic heterocycles. The van der Waals surface area contributed by atoms with Crippen molar-refractivity contribution >= 4 is 37.5 Å². The Hall–Kier alpha value is -1.55. The summed E-state index contributed by atoms with van der Waals surface area (Å²) in [5.74, 6) is 0.472. The van der Waals surface area contributed by atoms with Crippen molar-refractivity contribution in [3.8, 4) is 0 Å². The first kappa shape index (κ1) is 16.3. The Morgan fingerprint density at radius 3 is 2.70 bits per heavy atom. The lowest BCUT2D eigenvalue weighted by atomic mass is 9.59. The predicted octanol–water partition coefficient (Wildman–Crippen LogP) is 2.00. The Kier molecular flexibility index (Phi) is 4.13. The monoisotopic (exact) mass is 368 g/mol. The smallest absolute Gasteiger partial charge is 0.255 e. The summed E-state index contributed by atoms with van der Waals surface area (Å²) in [7, 11) is 4.13. The van der Waals surface area contributed by atoms with E-state index < -0.39 is 5.34 Å². The van der Waals surface area contributed by atoms with Gasteiger partial charge in [-0.15, -0.1) is 0 Å². The first-order valence-corrected chi connectivity index (χ1v) is 8.67. The Morgan fingerprint density at radius 2 is 2.04 bits per heavy atom. The average Bonchev–Trinajstić information content (AvgIpc) is 2.70. The van der Waals surface area contributed by atoms with Gasteiger partial charge in [-0.3, -0.25) is 9.78 Å². The molecule has 2 aromatic rings. The quantitative estimate of drug-likeness (QED) is 0.776. The van der Waals surface area contributed by atoms with Gasteiger partial charge in [0.25, 0.3) is 5.91 Å². The van der Waals surface area contributed by atoms with Gasteiger partial charge in [0.15, 0.2) is 0 Å². The van der Waals surface area contributed by atoms with Crippen molar-refractivity contribution in [2.75, 3.05) is 0 Å². The first-order chi connectivity index (χ1) is 10.8. The molecule has 6 heteroatoms. The Labute approximate surface area is 147 Å². The van der Waals surface area contributed by atoms with Crippen molar-refractivity contribution in [1.82, 2.24) is 9.88 Å². The number of aromatic nitrogens is 1. The van der Waals surface area contributed by atoms with Crippen LogP contribution in [0.1, 0.15) is 46.9 Å². The van der Waals surface area contributed by atoms with E-state index in [1.807, 2.05) is 23.1 Å². The van der Waals surface area contributed by atoms with Gasteiger partial charge in [-0.2, -0.15) is 0 Å². The normalized spacial score (nSPS) is 16.0. The molecule has 0 fully saturated rings. The van der Waals surface area contributed by atoms with Crippen molar-refractivity contribution < 1.29 is 4.79 Å². The summed E-state index contributed by atoms with van der Waals surface area (Å²) in [6.45, 7) is 4.96. The van der Waals surface area contributed by atoms with Crippen molar-refractivity contribution in [3.63, 3.8) is 0 Å². The zero-order chi connectivity index (χ0) is 16.8. The van der Waals surface area contributed by atoms with E-state index in [0.717, 1.165) is 15.7 Å². The molecule has 0 unspecified atom stereocenters. The van der Waals surface area contributed by atoms with Gasteiger partial charge in [-0.25, -0.2) is 0 Å². The number of amides is 1. The van der Waals surface area contributed by atoms with Crippen molar-refractivity contribution in [2.24, 2.45) is 0 Å². The highest BCUT2D eigenvalue weighted by atomic mass is 79.9. The lowest BCUT2D eigenvalue weighted by molar-refractivity contribution is 0.0730. The van der Waals surface area contributed by atoms with Gasteiger partial charge in [0, 0.05) is 22.6 Å². The zero-order valence-electron chi connectivity index (χ0n) is 13.9. The van der Waals surface area contributed by atoms with Gasteiger partial charge < -0.3 is 4.90 Å². The SMILES string of the molecule is BC1(B)c2ncccc2C(=O)N1Cc1ccc(Br)cc1C(C)C. The Bertz CT molecular complexity index is 777. The molecule has 116 valence electrons. The summed E-state index contributed by atoms with van der Waals surface area (Å²) in [6.07, 6.45) is 1.76. The fourth-order valence-electron chi connectivity index (χ4n) is 3.28. The lowest BCUT2D eigenvalue weighted by Crippen LogP contribution is -2.44. The van der Waals surface area contributed by atoms with Crippen LogP contribution in [-0.4, -0.2) is 31.5 Å². The minimum Gasteiger partial charge on any atom is -0.339 e. The number of carbonyl (C=O) groups is 1. The summed E-state index contributed by atoms with van der Waals surface area (Å²) in [5, 5.41) is -0.394. The second-order valence-corrected chi connectivity index (χ2v) is 7.76. The van der Waals surface area contributed by atoms with E-state index in [9.17, 15) is 4.79 Å². The molecule has 0 atom stereocenters. The third-order valence-corrected chi connectivity index (χ3v) is 5.09. The minimum absolute atomic E-state index is 0.0655. The van der Waals surface area contributed by atoms with E-state index in [4.69, 9.17) is 0 Å². The fraction of sp³-hybridized carbons (Fsp3) is 0.294. The van der Waals surface area contributed by atoms with Crippen molar-refractivity contribution in [3.05, 3.63) is 63.4 Å². The predicted molar refractivity (Wildman–Crippen MR) is 101 cm³/mol. The summed E-state index contributed by atoms with van der Waals surface area (Å²) in [4.78, 5) is 19.2. The largest absolute Gasteiger partial charge is 0.339 e. The molecule has 0 N–H and O–H groups in total. The highest BCUT2D eigenvalue weighted by Crippen LogP contribution is 2.35. The number of fused-ring (bicyclic) bond motifs is 1. The summed E-state index contributed by atoms with van der Waals surface area (Å²) in [5.41, 5.74) is 4.05. The topological polar surface area (TPSA) is 33.2 Å². The summed E-state index contributed by atoms with van der Waals surface area (Å²) >= 11 is 3.54. The van der Waals surface area contributed by atoms with Crippen LogP contribution in [0.15, 0.2) is 41.0 Å². The number of carbonyl (C=O) groups excluding carboxylic acids is 1. The molecule has 3 nitrogen and oxygen atoms in total. The molecule has 23 heavy (non-hydrogen) atoms. The zero-order valence-corrected chi connectivity index (χ0v) is 15.5. The molecule has 3 rings (SSSR count). The molecular weight excluding hydrogens is 350 g/mol. The van der Waals surface area contributed by atoms with Gasteiger partial charge in [0.05, 0.1) is 11.3 Å². The molecular formula is C17H19B2BrN2O. The molecule has 1 aliphatic rings. The van der Waals surface area contributed by atoms with Crippen LogP contribution in [-0.2, 0) is 11.9 Å². The van der Waals surface area contributed by atoms with Crippen LogP contribution in [0.25, 0.3) is 0 Å². The van der Waals surface area contributed by atoms with E-state index in [2.05, 4.69) is 62.6 Å². The maximum Gasteiger partial charge on any atom is 0.255 e. The summed E-state index contributed by atoms with van der Waals surface area (Å²) in [6, 6.07) is 10.0. The van der Waals surface area contributed by atoms with Crippen molar-refractivity contribution in [1.29, 1.82) is 0 Å². The second-order valence-electron chi connectivity index (χ2n) is 6.85.